The summed E-state index contributed by atoms with van der Waals surface area (Å²) >= 11 is 0. The lowest BCUT2D eigenvalue weighted by molar-refractivity contribution is -0.135. The predicted molar refractivity (Wildman–Crippen MR) is 63.9 cm³/mol. The van der Waals surface area contributed by atoms with Gasteiger partial charge in [-0.2, -0.15) is 0 Å². The molecule has 4 N–H and O–H groups in total. The van der Waals surface area contributed by atoms with Crippen LogP contribution in [0.1, 0.15) is 0 Å². The number of anilines is 1. The number of carboxylic acids is 1. The number of urea groups is 1. The monoisotopic (exact) mass is 237 g/mol. The minimum atomic E-state index is -1.07. The van der Waals surface area contributed by atoms with E-state index in [9.17, 15) is 9.59 Å². The van der Waals surface area contributed by atoms with Crippen LogP contribution in [0.4, 0.5) is 10.5 Å². The van der Waals surface area contributed by atoms with Gasteiger partial charge in [0, 0.05) is 18.8 Å². The fourth-order valence-corrected chi connectivity index (χ4v) is 1.30. The number of nitrogens with one attached hydrogen (secondary N) is 1. The Hall–Kier alpha value is -2.08. The topological polar surface area (TPSA) is 95.7 Å². The molecule has 0 aromatic heterocycles. The highest BCUT2D eigenvalue weighted by molar-refractivity contribution is 5.96. The van der Waals surface area contributed by atoms with E-state index in [1.165, 1.54) is 0 Å². The van der Waals surface area contributed by atoms with Gasteiger partial charge in [0.15, 0.2) is 0 Å². The van der Waals surface area contributed by atoms with E-state index < -0.39 is 12.0 Å². The molecule has 2 amide bonds. The summed E-state index contributed by atoms with van der Waals surface area (Å²) in [6.07, 6.45) is 0. The van der Waals surface area contributed by atoms with Crippen LogP contribution in [0.15, 0.2) is 30.3 Å². The Balaban J connectivity index is 2.80. The predicted octanol–water partition coefficient (Wildman–Crippen LogP) is 0.246. The molecule has 0 radical (unpaired) electrons. The summed E-state index contributed by atoms with van der Waals surface area (Å²) in [7, 11) is 0. The molecule has 1 rings (SSSR count). The molecule has 0 fully saturated rings. The maximum Gasteiger partial charge on any atom is 0.323 e. The zero-order chi connectivity index (χ0) is 12.7. The molecule has 1 aromatic rings. The third-order valence-electron chi connectivity index (χ3n) is 2.03. The minimum Gasteiger partial charge on any atom is -0.480 e. The van der Waals surface area contributed by atoms with Gasteiger partial charge in [0.2, 0.25) is 0 Å². The van der Waals surface area contributed by atoms with Crippen LogP contribution in [-0.2, 0) is 4.79 Å². The van der Waals surface area contributed by atoms with Crippen molar-refractivity contribution in [2.75, 3.05) is 24.5 Å². The summed E-state index contributed by atoms with van der Waals surface area (Å²) in [4.78, 5) is 23.6. The van der Waals surface area contributed by atoms with Crippen LogP contribution in [-0.4, -0.2) is 36.7 Å². The summed E-state index contributed by atoms with van der Waals surface area (Å²) in [6.45, 7) is 0.226. The Kier molecular flexibility index (Phi) is 4.96. The van der Waals surface area contributed by atoms with Crippen LogP contribution in [0.2, 0.25) is 0 Å². The van der Waals surface area contributed by atoms with Gasteiger partial charge in [0.05, 0.1) is 0 Å². The third kappa shape index (κ3) is 4.12. The van der Waals surface area contributed by atoms with Crippen molar-refractivity contribution in [3.63, 3.8) is 0 Å². The van der Waals surface area contributed by atoms with Gasteiger partial charge >= 0.3 is 12.0 Å². The van der Waals surface area contributed by atoms with E-state index in [0.29, 0.717) is 18.8 Å². The van der Waals surface area contributed by atoms with Gasteiger partial charge in [-0.3, -0.25) is 9.69 Å². The number of amides is 2. The molecule has 17 heavy (non-hydrogen) atoms. The Morgan fingerprint density at radius 1 is 1.29 bits per heavy atom. The van der Waals surface area contributed by atoms with Crippen LogP contribution < -0.4 is 16.0 Å². The van der Waals surface area contributed by atoms with Crippen molar-refractivity contribution < 1.29 is 14.7 Å². The lowest BCUT2D eigenvalue weighted by atomic mass is 10.3. The van der Waals surface area contributed by atoms with E-state index in [1.807, 2.05) is 0 Å². The van der Waals surface area contributed by atoms with E-state index >= 15 is 0 Å². The van der Waals surface area contributed by atoms with E-state index in [4.69, 9.17) is 10.8 Å². The SMILES string of the molecule is NCCNC(=O)N(CC(=O)O)c1ccccc1. The number of carbonyl (C=O) groups is 2. The highest BCUT2D eigenvalue weighted by Gasteiger charge is 2.17. The second-order valence-corrected chi connectivity index (χ2v) is 3.34. The van der Waals surface area contributed by atoms with Crippen molar-refractivity contribution >= 4 is 17.7 Å². The second-order valence-electron chi connectivity index (χ2n) is 3.34. The average Bonchev–Trinajstić information content (AvgIpc) is 2.34. The first kappa shape index (κ1) is 13.0. The first-order valence-corrected chi connectivity index (χ1v) is 5.17. The number of para-hydroxylation sites is 1. The highest BCUT2D eigenvalue weighted by Crippen LogP contribution is 2.12. The van der Waals surface area contributed by atoms with Gasteiger partial charge in [-0.25, -0.2) is 4.79 Å². The number of benzene rings is 1. The second kappa shape index (κ2) is 6.49. The molecule has 0 aliphatic carbocycles. The number of aliphatic carboxylic acids is 1. The summed E-state index contributed by atoms with van der Waals surface area (Å²) in [5, 5.41) is 11.3. The normalized spacial score (nSPS) is 9.71. The molecule has 0 bridgehead atoms. The smallest absolute Gasteiger partial charge is 0.323 e. The van der Waals surface area contributed by atoms with Crippen molar-refractivity contribution in [1.82, 2.24) is 5.32 Å². The van der Waals surface area contributed by atoms with E-state index in [1.54, 1.807) is 30.3 Å². The van der Waals surface area contributed by atoms with E-state index in [2.05, 4.69) is 5.32 Å². The number of nitrogens with two attached hydrogens (primary N) is 1. The molecule has 0 aliphatic heterocycles. The van der Waals surface area contributed by atoms with Gasteiger partial charge in [-0.15, -0.1) is 0 Å². The van der Waals surface area contributed by atoms with Crippen LogP contribution in [0.25, 0.3) is 0 Å². The summed E-state index contributed by atoms with van der Waals surface area (Å²) < 4.78 is 0. The van der Waals surface area contributed by atoms with Crippen LogP contribution in [0.5, 0.6) is 0 Å². The van der Waals surface area contributed by atoms with Crippen molar-refractivity contribution in [3.05, 3.63) is 30.3 Å². The molecule has 6 nitrogen and oxygen atoms in total. The van der Waals surface area contributed by atoms with Gasteiger partial charge in [-0.05, 0) is 12.1 Å². The first-order chi connectivity index (χ1) is 8.15. The number of carbonyl (C=O) groups excluding carboxylic acids is 1. The van der Waals surface area contributed by atoms with Crippen LogP contribution >= 0.6 is 0 Å². The molecule has 0 heterocycles. The molecule has 92 valence electrons. The molecule has 1 aromatic carbocycles. The largest absolute Gasteiger partial charge is 0.480 e. The number of hydrogen-bond donors (Lipinski definition) is 3. The zero-order valence-electron chi connectivity index (χ0n) is 9.30. The lowest BCUT2D eigenvalue weighted by Gasteiger charge is -2.21. The quantitative estimate of drug-likeness (QED) is 0.683. The Morgan fingerprint density at radius 2 is 1.94 bits per heavy atom. The maximum atomic E-state index is 11.7. The third-order valence-corrected chi connectivity index (χ3v) is 2.03. The average molecular weight is 237 g/mol. The fraction of sp³-hybridized carbons (Fsp3) is 0.273. The number of carboxylic acid groups (broad SMARTS) is 1. The molecule has 0 spiro atoms. The van der Waals surface area contributed by atoms with Gasteiger partial charge in [0.25, 0.3) is 0 Å². The number of rotatable bonds is 5. The number of nitrogens with zero attached hydrogens (tertiary/aromatic N) is 1. The molecule has 0 unspecified atom stereocenters. The molecular formula is C11H15N3O3. The van der Waals surface area contributed by atoms with E-state index in [0.717, 1.165) is 4.90 Å². The fourth-order valence-electron chi connectivity index (χ4n) is 1.30. The molecule has 0 saturated heterocycles. The minimum absolute atomic E-state index is 0.307. The molecule has 0 saturated carbocycles. The summed E-state index contributed by atoms with van der Waals surface area (Å²) in [5.41, 5.74) is 5.80. The van der Waals surface area contributed by atoms with Crippen molar-refractivity contribution in [2.45, 2.75) is 0 Å². The highest BCUT2D eigenvalue weighted by atomic mass is 16.4. The Morgan fingerprint density at radius 3 is 2.47 bits per heavy atom. The molecule has 0 atom stereocenters. The van der Waals surface area contributed by atoms with Crippen LogP contribution in [0.3, 0.4) is 0 Å². The summed E-state index contributed by atoms with van der Waals surface area (Å²) in [5.74, 6) is -1.07. The zero-order valence-corrected chi connectivity index (χ0v) is 9.30. The Labute approximate surface area is 99.0 Å². The van der Waals surface area contributed by atoms with Crippen molar-refractivity contribution in [2.24, 2.45) is 5.73 Å². The summed E-state index contributed by atoms with van der Waals surface area (Å²) in [6, 6.07) is 8.14. The molecule has 0 aliphatic rings. The molecule has 6 heteroatoms. The van der Waals surface area contributed by atoms with Crippen molar-refractivity contribution in [1.29, 1.82) is 0 Å². The van der Waals surface area contributed by atoms with Crippen LogP contribution in [0, 0.1) is 0 Å². The van der Waals surface area contributed by atoms with Gasteiger partial charge in [0.1, 0.15) is 6.54 Å². The molecular weight excluding hydrogens is 222 g/mol. The van der Waals surface area contributed by atoms with E-state index in [-0.39, 0.29) is 6.54 Å². The van der Waals surface area contributed by atoms with Gasteiger partial charge < -0.3 is 16.2 Å². The lowest BCUT2D eigenvalue weighted by Crippen LogP contribution is -2.44. The standard InChI is InChI=1S/C11H15N3O3/c12-6-7-13-11(17)14(8-10(15)16)9-4-2-1-3-5-9/h1-5H,6-8,12H2,(H,13,17)(H,15,16). The number of hydrogen-bond acceptors (Lipinski definition) is 3. The first-order valence-electron chi connectivity index (χ1n) is 5.17. The Bertz CT molecular complexity index is 381. The maximum absolute atomic E-state index is 11.7. The van der Waals surface area contributed by atoms with Crippen molar-refractivity contribution in [3.8, 4) is 0 Å². The van der Waals surface area contributed by atoms with Gasteiger partial charge in [-0.1, -0.05) is 18.2 Å².